The minimum absolute atomic E-state index is 0.0180. The number of carbonyl (C=O) groups is 2. The van der Waals surface area contributed by atoms with Gasteiger partial charge in [0.25, 0.3) is 0 Å². The molecule has 2 rings (SSSR count). The van der Waals surface area contributed by atoms with E-state index >= 15 is 0 Å². The number of likely N-dealkylation sites (N-methyl/N-ethyl adjacent to an activating group) is 1. The minimum Gasteiger partial charge on any atom is -0.477 e. The van der Waals surface area contributed by atoms with Crippen LogP contribution in [0.1, 0.15) is 13.3 Å². The van der Waals surface area contributed by atoms with E-state index < -0.39 is 22.9 Å². The Morgan fingerprint density at radius 1 is 1.57 bits per heavy atom. The lowest BCUT2D eigenvalue weighted by Gasteiger charge is -2.55. The molecule has 6 nitrogen and oxygen atoms in total. The first kappa shape index (κ1) is 16.6. The third-order valence-electron chi connectivity index (χ3n) is 3.69. The third kappa shape index (κ3) is 2.46. The van der Waals surface area contributed by atoms with Gasteiger partial charge in [0.15, 0.2) is 0 Å². The number of fused-ring (bicyclic) bond motifs is 1. The van der Waals surface area contributed by atoms with Crippen molar-refractivity contribution in [1.29, 1.82) is 0 Å². The maximum absolute atomic E-state index is 12.3. The summed E-state index contributed by atoms with van der Waals surface area (Å²) in [6.07, 6.45) is -0.425. The molecule has 1 saturated heterocycles. The number of halogens is 1. The number of β-lactam (4-membered cyclic amide) rings is 1. The highest BCUT2D eigenvalue weighted by Gasteiger charge is 2.68. The number of hydrogen-bond acceptors (Lipinski definition) is 5. The second-order valence-electron chi connectivity index (χ2n) is 5.59. The molecule has 0 aromatic heterocycles. The van der Waals surface area contributed by atoms with Crippen molar-refractivity contribution in [2.45, 2.75) is 24.3 Å². The van der Waals surface area contributed by atoms with E-state index in [1.165, 1.54) is 16.7 Å². The van der Waals surface area contributed by atoms with Gasteiger partial charge in [-0.3, -0.25) is 9.69 Å². The van der Waals surface area contributed by atoms with Crippen LogP contribution in [0.4, 0.5) is 0 Å². The molecule has 0 aromatic rings. The number of aliphatic carboxylic acids is 1. The highest BCUT2D eigenvalue weighted by molar-refractivity contribution is 8.04. The number of rotatable bonds is 6. The summed E-state index contributed by atoms with van der Waals surface area (Å²) in [7, 11) is 3.71. The summed E-state index contributed by atoms with van der Waals surface area (Å²) in [5.41, 5.74) is 0.0180. The molecule has 1 amide bonds. The maximum Gasteiger partial charge on any atom is 0.353 e. The molecule has 0 bridgehead atoms. The van der Waals surface area contributed by atoms with E-state index in [9.17, 15) is 19.8 Å². The van der Waals surface area contributed by atoms with Crippen molar-refractivity contribution in [3.63, 3.8) is 0 Å². The number of carboxylic acids is 1. The number of aliphatic hydroxyl groups is 1. The quantitative estimate of drug-likeness (QED) is 0.551. The maximum atomic E-state index is 12.3. The summed E-state index contributed by atoms with van der Waals surface area (Å²) in [6, 6.07) is 0. The van der Waals surface area contributed by atoms with Crippen molar-refractivity contribution >= 4 is 35.2 Å². The largest absolute Gasteiger partial charge is 0.477 e. The normalized spacial score (nSPS) is 29.7. The molecule has 1 fully saturated rings. The molecular formula is C13H19ClN2O4S. The Morgan fingerprint density at radius 3 is 2.62 bits per heavy atom. The molecule has 0 saturated carbocycles. The summed E-state index contributed by atoms with van der Waals surface area (Å²) in [6.45, 7) is 2.04. The van der Waals surface area contributed by atoms with E-state index in [0.29, 0.717) is 23.8 Å². The minimum atomic E-state index is -1.12. The molecule has 8 heteroatoms. The fourth-order valence-corrected chi connectivity index (χ4v) is 5.32. The Kier molecular flexibility index (Phi) is 4.58. The molecule has 3 atom stereocenters. The molecular weight excluding hydrogens is 316 g/mol. The Hall–Kier alpha value is -0.760. The van der Waals surface area contributed by atoms with Gasteiger partial charge in [0.2, 0.25) is 5.91 Å². The second-order valence-corrected chi connectivity index (χ2v) is 7.37. The zero-order chi connectivity index (χ0) is 15.9. The van der Waals surface area contributed by atoms with Crippen molar-refractivity contribution in [1.82, 2.24) is 9.80 Å². The van der Waals surface area contributed by atoms with Crippen molar-refractivity contribution in [2.75, 3.05) is 26.5 Å². The number of hydrogen-bond donors (Lipinski definition) is 2. The number of amides is 1. The fourth-order valence-electron chi connectivity index (χ4n) is 3.09. The van der Waals surface area contributed by atoms with Crippen LogP contribution in [0.25, 0.3) is 0 Å². The highest BCUT2D eigenvalue weighted by atomic mass is 35.5. The lowest BCUT2D eigenvalue weighted by atomic mass is 9.81. The van der Waals surface area contributed by atoms with Crippen LogP contribution in [0.15, 0.2) is 10.6 Å². The van der Waals surface area contributed by atoms with Gasteiger partial charge in [0.1, 0.15) is 10.6 Å². The average molecular weight is 335 g/mol. The van der Waals surface area contributed by atoms with Crippen molar-refractivity contribution < 1.29 is 19.8 Å². The zero-order valence-electron chi connectivity index (χ0n) is 12.2. The summed E-state index contributed by atoms with van der Waals surface area (Å²) in [5.74, 6) is -1.77. The van der Waals surface area contributed by atoms with Gasteiger partial charge in [0, 0.05) is 17.3 Å². The van der Waals surface area contributed by atoms with Crippen LogP contribution in [0.3, 0.4) is 0 Å². The molecule has 0 spiro atoms. The van der Waals surface area contributed by atoms with E-state index in [-0.39, 0.29) is 11.6 Å². The number of allylic oxidation sites excluding steroid dienone is 1. The van der Waals surface area contributed by atoms with Gasteiger partial charge in [-0.1, -0.05) is 11.8 Å². The molecule has 0 aliphatic carbocycles. The molecule has 2 heterocycles. The number of thioether (sulfide) groups is 1. The van der Waals surface area contributed by atoms with Gasteiger partial charge in [-0.05, 0) is 27.4 Å². The lowest BCUT2D eigenvalue weighted by molar-refractivity contribution is -0.167. The van der Waals surface area contributed by atoms with E-state index in [0.717, 1.165) is 0 Å². The van der Waals surface area contributed by atoms with Crippen molar-refractivity contribution in [3.8, 4) is 0 Å². The highest BCUT2D eigenvalue weighted by Crippen LogP contribution is 2.59. The molecule has 2 aliphatic rings. The van der Waals surface area contributed by atoms with Crippen LogP contribution >= 0.6 is 23.4 Å². The number of carboxylic acid groups (broad SMARTS) is 1. The van der Waals surface area contributed by atoms with Gasteiger partial charge in [0.05, 0.1) is 12.0 Å². The van der Waals surface area contributed by atoms with E-state index in [2.05, 4.69) is 0 Å². The van der Waals surface area contributed by atoms with Crippen LogP contribution in [0.5, 0.6) is 0 Å². The summed E-state index contributed by atoms with van der Waals surface area (Å²) in [5, 5.41) is 19.4. The van der Waals surface area contributed by atoms with Gasteiger partial charge in [-0.2, -0.15) is 0 Å². The van der Waals surface area contributed by atoms with E-state index in [1.807, 2.05) is 19.0 Å². The van der Waals surface area contributed by atoms with Crippen LogP contribution < -0.4 is 0 Å². The van der Waals surface area contributed by atoms with Crippen molar-refractivity contribution in [3.05, 3.63) is 10.6 Å². The fraction of sp³-hybridized carbons (Fsp3) is 0.692. The first-order valence-corrected chi connectivity index (χ1v) is 7.99. The smallest absolute Gasteiger partial charge is 0.353 e. The Labute approximate surface area is 132 Å². The number of carbonyl (C=O) groups excluding carboxylic acids is 1. The number of aliphatic hydroxyl groups excluding tert-OH is 1. The summed E-state index contributed by atoms with van der Waals surface area (Å²) >= 11 is 7.11. The van der Waals surface area contributed by atoms with Gasteiger partial charge >= 0.3 is 5.97 Å². The van der Waals surface area contributed by atoms with Crippen LogP contribution in [-0.4, -0.2) is 69.4 Å². The predicted octanol–water partition coefficient (Wildman–Crippen LogP) is 0.755. The molecule has 2 N–H and O–H groups in total. The lowest BCUT2D eigenvalue weighted by Crippen LogP contribution is -2.72. The molecule has 2 aliphatic heterocycles. The van der Waals surface area contributed by atoms with E-state index in [1.54, 1.807) is 6.92 Å². The van der Waals surface area contributed by atoms with Crippen LogP contribution in [0, 0.1) is 5.92 Å². The molecule has 0 radical (unpaired) electrons. The standard InChI is InChI=1S/C13H19ClN2O4S/c1-7(17)9-11(18)16-10(12(19)20)8(4-5-14)21-13(9,16)6-15(2)3/h7,9,17H,4-6H2,1-3H3,(H,19,20)/t7-,9+,13+/m1/s1. The molecule has 0 aromatic carbocycles. The second kappa shape index (κ2) is 5.79. The van der Waals surface area contributed by atoms with Gasteiger partial charge < -0.3 is 15.1 Å². The summed E-state index contributed by atoms with van der Waals surface area (Å²) in [4.78, 5) is 27.0. The average Bonchev–Trinajstić information content (AvgIpc) is 2.58. The van der Waals surface area contributed by atoms with E-state index in [4.69, 9.17) is 11.6 Å². The zero-order valence-corrected chi connectivity index (χ0v) is 13.7. The summed E-state index contributed by atoms with van der Waals surface area (Å²) < 4.78 is 0. The van der Waals surface area contributed by atoms with Crippen LogP contribution in [0.2, 0.25) is 0 Å². The topological polar surface area (TPSA) is 81.1 Å². The van der Waals surface area contributed by atoms with Crippen LogP contribution in [-0.2, 0) is 9.59 Å². The first-order valence-electron chi connectivity index (χ1n) is 6.64. The Bertz CT molecular complexity index is 508. The van der Waals surface area contributed by atoms with Gasteiger partial charge in [-0.25, -0.2) is 4.79 Å². The van der Waals surface area contributed by atoms with Gasteiger partial charge in [-0.15, -0.1) is 11.6 Å². The Balaban J connectivity index is 2.45. The predicted molar refractivity (Wildman–Crippen MR) is 80.9 cm³/mol. The molecule has 21 heavy (non-hydrogen) atoms. The number of alkyl halides is 1. The molecule has 0 unspecified atom stereocenters. The molecule has 118 valence electrons. The monoisotopic (exact) mass is 334 g/mol. The first-order chi connectivity index (χ1) is 9.76. The Morgan fingerprint density at radius 2 is 2.19 bits per heavy atom. The number of nitrogens with zero attached hydrogens (tertiary/aromatic N) is 2. The van der Waals surface area contributed by atoms with Crippen molar-refractivity contribution in [2.24, 2.45) is 5.92 Å². The SMILES string of the molecule is C[C@@H](O)[C@H]1C(=O)N2C(C(=O)O)=C(CCCl)S[C@@]12CN(C)C. The third-order valence-corrected chi connectivity index (χ3v) is 5.44.